The highest BCUT2D eigenvalue weighted by Gasteiger charge is 1.97. The van der Waals surface area contributed by atoms with Gasteiger partial charge >= 0.3 is 0 Å². The molecule has 0 atom stereocenters. The quantitative estimate of drug-likeness (QED) is 0.263. The third-order valence-corrected chi connectivity index (χ3v) is 0.970. The largest absolute Gasteiger partial charge is 0.420 e. The van der Waals surface area contributed by atoms with E-state index in [0.29, 0.717) is 14.0 Å². The molecule has 0 spiro atoms. The van der Waals surface area contributed by atoms with E-state index in [1.54, 1.807) is 13.1 Å². The van der Waals surface area contributed by atoms with Crippen molar-refractivity contribution in [2.24, 2.45) is 4.99 Å². The second-order valence-corrected chi connectivity index (χ2v) is 1.96. The first kappa shape index (κ1) is 8.87. The Hall–Kier alpha value is -1.13. The summed E-state index contributed by atoms with van der Waals surface area (Å²) in [4.78, 5) is 3.37. The summed E-state index contributed by atoms with van der Waals surface area (Å²) in [5.41, 5.74) is 0.623. The van der Waals surface area contributed by atoms with E-state index in [1.165, 1.54) is 0 Å². The van der Waals surface area contributed by atoms with Crippen LogP contribution in [0.1, 0.15) is 6.92 Å². The lowest BCUT2D eigenvalue weighted by molar-refractivity contribution is 0.642. The molecule has 52 valence electrons. The lowest BCUT2D eigenvalue weighted by Gasteiger charge is -1.97. The normalized spacial score (nSPS) is 10.6. The Kier molecular flexibility index (Phi) is 4.19. The van der Waals surface area contributed by atoms with E-state index < -0.39 is 0 Å². The standard InChI is InChI=1S/C6H7N2OP/c1-5(2)6(8-4-7)9-10-3/h1,3H2,2H3. The maximum Gasteiger partial charge on any atom is 0.235 e. The second kappa shape index (κ2) is 4.72. The van der Waals surface area contributed by atoms with Crippen LogP contribution in [0.2, 0.25) is 0 Å². The van der Waals surface area contributed by atoms with E-state index in [1.807, 2.05) is 0 Å². The summed E-state index contributed by atoms with van der Waals surface area (Å²) in [7, 11) is 0.467. The van der Waals surface area contributed by atoms with E-state index in [2.05, 4.69) is 17.9 Å². The molecule has 0 unspecified atom stereocenters. The van der Waals surface area contributed by atoms with Crippen LogP contribution in [0.4, 0.5) is 0 Å². The minimum Gasteiger partial charge on any atom is -0.420 e. The number of aliphatic imine (C=N–C) groups is 1. The molecule has 10 heavy (non-hydrogen) atoms. The zero-order valence-electron chi connectivity index (χ0n) is 5.66. The van der Waals surface area contributed by atoms with Crippen molar-refractivity contribution in [1.29, 1.82) is 5.26 Å². The molecule has 3 nitrogen and oxygen atoms in total. The van der Waals surface area contributed by atoms with Crippen LogP contribution in [0.15, 0.2) is 17.1 Å². The van der Waals surface area contributed by atoms with Gasteiger partial charge in [0.25, 0.3) is 0 Å². The van der Waals surface area contributed by atoms with Gasteiger partial charge in [-0.1, -0.05) is 6.58 Å². The lowest BCUT2D eigenvalue weighted by atomic mass is 10.4. The molecule has 0 saturated carbocycles. The van der Waals surface area contributed by atoms with Gasteiger partial charge in [-0.2, -0.15) is 5.26 Å². The molecule has 0 fully saturated rings. The Morgan fingerprint density at radius 2 is 2.40 bits per heavy atom. The third-order valence-electron chi connectivity index (χ3n) is 0.668. The predicted molar refractivity (Wildman–Crippen MR) is 43.0 cm³/mol. The fourth-order valence-electron chi connectivity index (χ4n) is 0.300. The number of hydrogen-bond donors (Lipinski definition) is 0. The van der Waals surface area contributed by atoms with Crippen LogP contribution >= 0.6 is 8.43 Å². The highest BCUT2D eigenvalue weighted by Crippen LogP contribution is 2.03. The van der Waals surface area contributed by atoms with Crippen LogP contribution in [-0.2, 0) is 4.52 Å². The first-order chi connectivity index (χ1) is 4.72. The highest BCUT2D eigenvalue weighted by atomic mass is 31.1. The summed E-state index contributed by atoms with van der Waals surface area (Å²) in [6, 6.07) is 0. The molecule has 0 heterocycles. The Bertz CT molecular complexity index is 214. The third kappa shape index (κ3) is 3.01. The van der Waals surface area contributed by atoms with Gasteiger partial charge in [0.05, 0.1) is 0 Å². The van der Waals surface area contributed by atoms with E-state index in [4.69, 9.17) is 9.79 Å². The van der Waals surface area contributed by atoms with Crippen molar-refractivity contribution < 1.29 is 4.52 Å². The van der Waals surface area contributed by atoms with E-state index in [9.17, 15) is 0 Å². The molecular weight excluding hydrogens is 147 g/mol. The summed E-state index contributed by atoms with van der Waals surface area (Å²) >= 11 is 0. The minimum absolute atomic E-state index is 0.249. The predicted octanol–water partition coefficient (Wildman–Crippen LogP) is 1.75. The number of nitriles is 1. The van der Waals surface area contributed by atoms with Gasteiger partial charge in [0, 0.05) is 5.57 Å². The number of nitrogens with zero attached hydrogens (tertiary/aromatic N) is 2. The molecule has 0 N–H and O–H groups in total. The summed E-state index contributed by atoms with van der Waals surface area (Å²) in [5.74, 6) is 0.249. The average Bonchev–Trinajstić information content (AvgIpc) is 1.87. The Balaban J connectivity index is 4.29. The van der Waals surface area contributed by atoms with Gasteiger partial charge in [0.2, 0.25) is 12.1 Å². The Morgan fingerprint density at radius 3 is 2.70 bits per heavy atom. The Morgan fingerprint density at radius 1 is 1.80 bits per heavy atom. The summed E-state index contributed by atoms with van der Waals surface area (Å²) < 4.78 is 4.83. The van der Waals surface area contributed by atoms with Gasteiger partial charge in [-0.3, -0.25) is 0 Å². The van der Waals surface area contributed by atoms with Crippen molar-refractivity contribution >= 4 is 20.6 Å². The van der Waals surface area contributed by atoms with E-state index in [-0.39, 0.29) is 5.90 Å². The first-order valence-electron chi connectivity index (χ1n) is 2.48. The van der Waals surface area contributed by atoms with Crippen LogP contribution < -0.4 is 0 Å². The monoisotopic (exact) mass is 154 g/mol. The van der Waals surface area contributed by atoms with Gasteiger partial charge < -0.3 is 4.52 Å². The molecule has 0 aromatic rings. The van der Waals surface area contributed by atoms with Crippen LogP contribution in [-0.4, -0.2) is 12.2 Å². The molecule has 0 aromatic heterocycles. The molecule has 4 heteroatoms. The van der Waals surface area contributed by atoms with Gasteiger partial charge in [-0.25, -0.2) is 0 Å². The lowest BCUT2D eigenvalue weighted by Crippen LogP contribution is -1.96. The summed E-state index contributed by atoms with van der Waals surface area (Å²) in [6.07, 6.45) is 5.01. The first-order valence-corrected chi connectivity index (χ1v) is 3.47. The van der Waals surface area contributed by atoms with Crippen LogP contribution in [0, 0.1) is 11.5 Å². The average molecular weight is 154 g/mol. The molecule has 0 amide bonds. The van der Waals surface area contributed by atoms with Crippen LogP contribution in [0.3, 0.4) is 0 Å². The fraction of sp³-hybridized carbons (Fsp3) is 0.167. The van der Waals surface area contributed by atoms with Crippen molar-refractivity contribution in [3.8, 4) is 6.19 Å². The second-order valence-electron chi connectivity index (χ2n) is 1.52. The van der Waals surface area contributed by atoms with Crippen molar-refractivity contribution in [3.05, 3.63) is 12.2 Å². The van der Waals surface area contributed by atoms with Crippen molar-refractivity contribution in [2.45, 2.75) is 6.92 Å². The van der Waals surface area contributed by atoms with Crippen LogP contribution in [0.5, 0.6) is 0 Å². The minimum atomic E-state index is 0.249. The molecule has 0 aromatic carbocycles. The summed E-state index contributed by atoms with van der Waals surface area (Å²) in [5, 5.41) is 8.13. The SMILES string of the molecule is C=POC(=NC#N)C(=C)C. The van der Waals surface area contributed by atoms with Crippen molar-refractivity contribution in [2.75, 3.05) is 0 Å². The molecule has 0 bridgehead atoms. The summed E-state index contributed by atoms with van der Waals surface area (Å²) in [6.45, 7) is 5.26. The van der Waals surface area contributed by atoms with E-state index in [0.717, 1.165) is 0 Å². The molecule has 0 aliphatic rings. The molecule has 0 rings (SSSR count). The number of rotatable bonds is 2. The molecule has 0 saturated heterocycles. The van der Waals surface area contributed by atoms with Crippen molar-refractivity contribution in [3.63, 3.8) is 0 Å². The topological polar surface area (TPSA) is 45.4 Å². The zero-order chi connectivity index (χ0) is 7.98. The zero-order valence-corrected chi connectivity index (χ0v) is 6.56. The van der Waals surface area contributed by atoms with Crippen LogP contribution in [0.25, 0.3) is 0 Å². The maximum atomic E-state index is 8.13. The molecule has 0 aliphatic carbocycles. The van der Waals surface area contributed by atoms with Gasteiger partial charge in [-0.05, 0) is 13.2 Å². The van der Waals surface area contributed by atoms with Crippen molar-refractivity contribution in [1.82, 2.24) is 0 Å². The van der Waals surface area contributed by atoms with Gasteiger partial charge in [-0.15, -0.1) is 4.99 Å². The molecule has 0 aliphatic heterocycles. The van der Waals surface area contributed by atoms with E-state index >= 15 is 0 Å². The van der Waals surface area contributed by atoms with Gasteiger partial charge in [0.1, 0.15) is 8.43 Å². The maximum absolute atomic E-state index is 8.13. The Labute approximate surface area is 61.5 Å². The fourth-order valence-corrected chi connectivity index (χ4v) is 0.619. The van der Waals surface area contributed by atoms with Gasteiger partial charge in [0.15, 0.2) is 0 Å². The number of hydrogen-bond acceptors (Lipinski definition) is 3. The smallest absolute Gasteiger partial charge is 0.235 e. The molecule has 0 radical (unpaired) electrons. The molecular formula is C6H7N2OP. The highest BCUT2D eigenvalue weighted by molar-refractivity contribution is 7.31.